The van der Waals surface area contributed by atoms with Gasteiger partial charge in [0, 0.05) is 17.8 Å². The van der Waals surface area contributed by atoms with Crippen molar-refractivity contribution in [3.63, 3.8) is 0 Å². The summed E-state index contributed by atoms with van der Waals surface area (Å²) < 4.78 is 25.2. The lowest BCUT2D eigenvalue weighted by atomic mass is 9.84. The molecule has 2 N–H and O–H groups in total. The van der Waals surface area contributed by atoms with Crippen LogP contribution in [0.25, 0.3) is 10.9 Å². The van der Waals surface area contributed by atoms with Crippen molar-refractivity contribution in [2.24, 2.45) is 5.92 Å². The van der Waals surface area contributed by atoms with Crippen LogP contribution in [0.1, 0.15) is 44.6 Å². The molecule has 0 aliphatic heterocycles. The topological polar surface area (TPSA) is 114 Å². The van der Waals surface area contributed by atoms with Gasteiger partial charge in [-0.1, -0.05) is 32.1 Å². The molecule has 1 aliphatic carbocycles. The summed E-state index contributed by atoms with van der Waals surface area (Å²) in [5, 5.41) is 5.32. The highest BCUT2D eigenvalue weighted by molar-refractivity contribution is 7.90. The van der Waals surface area contributed by atoms with Gasteiger partial charge >= 0.3 is 0 Å². The number of benzene rings is 1. The summed E-state index contributed by atoms with van der Waals surface area (Å²) in [6.07, 6.45) is 8.64. The number of amides is 1. The van der Waals surface area contributed by atoms with Crippen LogP contribution in [0.3, 0.4) is 0 Å². The zero-order valence-corrected chi connectivity index (χ0v) is 20.0. The first-order valence-corrected chi connectivity index (χ1v) is 13.6. The van der Waals surface area contributed by atoms with E-state index in [0.717, 1.165) is 31.9 Å². The summed E-state index contributed by atoms with van der Waals surface area (Å²) >= 11 is 6.78. The second kappa shape index (κ2) is 9.24. The van der Waals surface area contributed by atoms with Crippen molar-refractivity contribution < 1.29 is 13.2 Å². The van der Waals surface area contributed by atoms with Crippen LogP contribution in [-0.4, -0.2) is 35.1 Å². The van der Waals surface area contributed by atoms with E-state index >= 15 is 0 Å². The normalized spacial score (nSPS) is 16.2. The Morgan fingerprint density at radius 2 is 2.09 bits per heavy atom. The summed E-state index contributed by atoms with van der Waals surface area (Å²) in [4.78, 5) is 33.9. The molecule has 1 atom stereocenters. The summed E-state index contributed by atoms with van der Waals surface area (Å²) in [5.74, 6) is -0.0142. The van der Waals surface area contributed by atoms with E-state index in [9.17, 15) is 18.0 Å². The molecule has 1 aromatic carbocycles. The maximum absolute atomic E-state index is 13.4. The van der Waals surface area contributed by atoms with Crippen LogP contribution in [0.15, 0.2) is 39.5 Å². The number of carbonyl (C=O) groups excluding carboxylic acids is 1. The largest absolute Gasteiger partial charge is 0.331 e. The van der Waals surface area contributed by atoms with Crippen LogP contribution in [0, 0.1) is 10.7 Å². The summed E-state index contributed by atoms with van der Waals surface area (Å²) in [5.41, 5.74) is -0.0881. The number of aromatic nitrogens is 3. The highest BCUT2D eigenvalue weighted by atomic mass is 32.2. The molecule has 8 nitrogen and oxygen atoms in total. The highest BCUT2D eigenvalue weighted by Gasteiger charge is 2.29. The van der Waals surface area contributed by atoms with Gasteiger partial charge in [0.05, 0.1) is 15.8 Å². The Hall–Kier alpha value is -2.37. The number of carbonyl (C=O) groups is 1. The van der Waals surface area contributed by atoms with Gasteiger partial charge in [-0.2, -0.15) is 0 Å². The zero-order valence-electron chi connectivity index (χ0n) is 17.5. The predicted molar refractivity (Wildman–Crippen MR) is 127 cm³/mol. The van der Waals surface area contributed by atoms with Crippen molar-refractivity contribution in [3.05, 3.63) is 44.9 Å². The van der Waals surface area contributed by atoms with Crippen molar-refractivity contribution in [1.29, 1.82) is 0 Å². The SMILES string of the molecule is CS(=O)(=O)c1ccc2c(=O)n(C(CC3CCCCC3)C(=O)Nc3nccs3)c(=S)[nH]c2c1. The van der Waals surface area contributed by atoms with E-state index in [1.165, 1.54) is 40.5 Å². The number of hydrogen-bond acceptors (Lipinski definition) is 7. The smallest absolute Gasteiger partial charge is 0.262 e. The van der Waals surface area contributed by atoms with Crippen molar-refractivity contribution in [1.82, 2.24) is 14.5 Å². The molecule has 4 rings (SSSR count). The molecule has 170 valence electrons. The van der Waals surface area contributed by atoms with Gasteiger partial charge in [0.15, 0.2) is 19.7 Å². The maximum Gasteiger partial charge on any atom is 0.262 e. The quantitative estimate of drug-likeness (QED) is 0.502. The van der Waals surface area contributed by atoms with Gasteiger partial charge in [0.1, 0.15) is 6.04 Å². The van der Waals surface area contributed by atoms with Crippen molar-refractivity contribution in [2.75, 3.05) is 11.6 Å². The van der Waals surface area contributed by atoms with Crippen LogP contribution in [-0.2, 0) is 14.6 Å². The van der Waals surface area contributed by atoms with E-state index < -0.39 is 21.4 Å². The average molecular weight is 493 g/mol. The predicted octanol–water partition coefficient (Wildman–Crippen LogP) is 4.07. The number of aromatic amines is 1. The molecule has 1 fully saturated rings. The molecule has 0 spiro atoms. The van der Waals surface area contributed by atoms with Crippen LogP contribution in [0.2, 0.25) is 0 Å². The minimum atomic E-state index is -3.44. The maximum atomic E-state index is 13.4. The van der Waals surface area contributed by atoms with Gasteiger partial charge < -0.3 is 10.3 Å². The van der Waals surface area contributed by atoms with Crippen molar-refractivity contribution >= 4 is 55.3 Å². The Morgan fingerprint density at radius 1 is 1.34 bits per heavy atom. The number of anilines is 1. The lowest BCUT2D eigenvalue weighted by Gasteiger charge is -2.27. The summed E-state index contributed by atoms with van der Waals surface area (Å²) in [6, 6.07) is 3.47. The third kappa shape index (κ3) is 4.84. The Kier molecular flexibility index (Phi) is 6.59. The number of nitrogens with zero attached hydrogens (tertiary/aromatic N) is 2. The molecular formula is C21H24N4O4S3. The average Bonchev–Trinajstić information content (AvgIpc) is 3.25. The lowest BCUT2D eigenvalue weighted by Crippen LogP contribution is -2.36. The van der Waals surface area contributed by atoms with E-state index in [-0.39, 0.29) is 21.0 Å². The molecule has 0 bridgehead atoms. The first kappa shape index (κ1) is 22.8. The minimum absolute atomic E-state index is 0.0863. The van der Waals surface area contributed by atoms with E-state index in [1.54, 1.807) is 11.6 Å². The summed E-state index contributed by atoms with van der Waals surface area (Å²) in [6.45, 7) is 0. The zero-order chi connectivity index (χ0) is 22.9. The first-order valence-electron chi connectivity index (χ1n) is 10.4. The molecule has 1 unspecified atom stereocenters. The molecule has 2 heterocycles. The van der Waals surface area contributed by atoms with Gasteiger partial charge in [-0.15, -0.1) is 11.3 Å². The molecule has 2 aromatic heterocycles. The Balaban J connectivity index is 1.79. The van der Waals surface area contributed by atoms with Crippen LogP contribution < -0.4 is 10.9 Å². The van der Waals surface area contributed by atoms with Crippen LogP contribution in [0.5, 0.6) is 0 Å². The number of thiazole rings is 1. The standard InChI is InChI=1S/C21H24N4O4S3/c1-32(28,29)14-7-8-15-16(12-14)23-21(30)25(19(15)27)17(11-13-5-3-2-4-6-13)18(26)24-20-22-9-10-31-20/h7-10,12-13,17H,2-6,11H2,1H3,(H,23,30)(H,22,24,26). The number of sulfone groups is 1. The number of nitrogens with one attached hydrogen (secondary N) is 2. The second-order valence-electron chi connectivity index (χ2n) is 8.17. The molecule has 0 radical (unpaired) electrons. The Labute approximate surface area is 194 Å². The van der Waals surface area contributed by atoms with Gasteiger partial charge in [0.25, 0.3) is 5.56 Å². The molecule has 1 amide bonds. The summed E-state index contributed by atoms with van der Waals surface area (Å²) in [7, 11) is -3.44. The van der Waals surface area contributed by atoms with Crippen molar-refractivity contribution in [2.45, 2.75) is 49.5 Å². The van der Waals surface area contributed by atoms with E-state index in [1.807, 2.05) is 0 Å². The number of rotatable bonds is 6. The molecular weight excluding hydrogens is 468 g/mol. The Morgan fingerprint density at radius 3 is 2.75 bits per heavy atom. The van der Waals surface area contributed by atoms with E-state index in [0.29, 0.717) is 23.0 Å². The van der Waals surface area contributed by atoms with Crippen molar-refractivity contribution in [3.8, 4) is 0 Å². The van der Waals surface area contributed by atoms with Gasteiger partial charge in [-0.3, -0.25) is 14.2 Å². The third-order valence-corrected chi connectivity index (χ3v) is 7.98. The lowest BCUT2D eigenvalue weighted by molar-refractivity contribution is -0.120. The molecule has 32 heavy (non-hydrogen) atoms. The third-order valence-electron chi connectivity index (χ3n) is 5.89. The highest BCUT2D eigenvalue weighted by Crippen LogP contribution is 2.31. The fourth-order valence-corrected chi connectivity index (χ4v) is 5.77. The van der Waals surface area contributed by atoms with Crippen LogP contribution in [0.4, 0.5) is 5.13 Å². The number of H-pyrrole nitrogens is 1. The Bertz CT molecular complexity index is 1350. The number of fused-ring (bicyclic) bond motifs is 1. The molecule has 1 aliphatic rings. The van der Waals surface area contributed by atoms with Gasteiger partial charge in [-0.25, -0.2) is 13.4 Å². The molecule has 11 heteroatoms. The molecule has 1 saturated carbocycles. The minimum Gasteiger partial charge on any atom is -0.331 e. The van der Waals surface area contributed by atoms with Crippen LogP contribution >= 0.6 is 23.6 Å². The van der Waals surface area contributed by atoms with E-state index in [4.69, 9.17) is 12.2 Å². The molecule has 3 aromatic rings. The number of hydrogen-bond donors (Lipinski definition) is 2. The van der Waals surface area contributed by atoms with Gasteiger partial charge in [-0.05, 0) is 42.8 Å². The second-order valence-corrected chi connectivity index (χ2v) is 11.5. The molecule has 0 saturated heterocycles. The fraction of sp³-hybridized carbons (Fsp3) is 0.429. The first-order chi connectivity index (χ1) is 15.2. The fourth-order valence-electron chi connectivity index (χ4n) is 4.27. The monoisotopic (exact) mass is 492 g/mol. The van der Waals surface area contributed by atoms with Gasteiger partial charge in [0.2, 0.25) is 5.91 Å². The van der Waals surface area contributed by atoms with E-state index in [2.05, 4.69) is 15.3 Å².